The van der Waals surface area contributed by atoms with Crippen molar-refractivity contribution in [2.24, 2.45) is 0 Å². The van der Waals surface area contributed by atoms with Crippen LogP contribution in [0, 0.1) is 0 Å². The monoisotopic (exact) mass is 302 g/mol. The van der Waals surface area contributed by atoms with E-state index >= 15 is 0 Å². The van der Waals surface area contributed by atoms with Crippen LogP contribution >= 0.6 is 0 Å². The van der Waals surface area contributed by atoms with Crippen LogP contribution in [0.5, 0.6) is 0 Å². The van der Waals surface area contributed by atoms with Gasteiger partial charge in [-0.15, -0.1) is 0 Å². The number of rotatable bonds is 4. The number of amides is 1. The lowest BCUT2D eigenvalue weighted by Crippen LogP contribution is -2.45. The number of hydrogen-bond donors (Lipinski definition) is 1. The SMILES string of the molecule is Nc1cc(CC[C@@H]2CN(C(=O)c3ccon3)CCO2)ccn1. The average molecular weight is 302 g/mol. The highest BCUT2D eigenvalue weighted by Crippen LogP contribution is 2.15. The van der Waals surface area contributed by atoms with Gasteiger partial charge in [0.25, 0.3) is 5.91 Å². The van der Waals surface area contributed by atoms with E-state index in [1.807, 2.05) is 12.1 Å². The van der Waals surface area contributed by atoms with E-state index < -0.39 is 0 Å². The van der Waals surface area contributed by atoms with Crippen LogP contribution in [0.3, 0.4) is 0 Å². The normalized spacial score (nSPS) is 18.4. The van der Waals surface area contributed by atoms with Gasteiger partial charge in [-0.25, -0.2) is 4.98 Å². The summed E-state index contributed by atoms with van der Waals surface area (Å²) in [5.74, 6) is 0.403. The smallest absolute Gasteiger partial charge is 0.276 e. The highest BCUT2D eigenvalue weighted by Gasteiger charge is 2.26. The molecule has 0 spiro atoms. The van der Waals surface area contributed by atoms with Crippen LogP contribution in [-0.2, 0) is 11.2 Å². The molecule has 0 aromatic carbocycles. The van der Waals surface area contributed by atoms with E-state index in [0.717, 1.165) is 18.4 Å². The van der Waals surface area contributed by atoms with Gasteiger partial charge in [0.15, 0.2) is 5.69 Å². The minimum atomic E-state index is -0.116. The number of anilines is 1. The first-order chi connectivity index (χ1) is 10.7. The summed E-state index contributed by atoms with van der Waals surface area (Å²) < 4.78 is 10.5. The van der Waals surface area contributed by atoms with Gasteiger partial charge < -0.3 is 19.9 Å². The van der Waals surface area contributed by atoms with Crippen molar-refractivity contribution in [1.82, 2.24) is 15.0 Å². The molecule has 2 N–H and O–H groups in total. The molecule has 7 heteroatoms. The first-order valence-electron chi connectivity index (χ1n) is 7.24. The average Bonchev–Trinajstić information content (AvgIpc) is 3.07. The number of morpholine rings is 1. The van der Waals surface area contributed by atoms with Gasteiger partial charge in [0.05, 0.1) is 12.7 Å². The molecule has 0 unspecified atom stereocenters. The topological polar surface area (TPSA) is 94.5 Å². The second kappa shape index (κ2) is 6.57. The van der Waals surface area contributed by atoms with Gasteiger partial charge in [0, 0.05) is 25.4 Å². The van der Waals surface area contributed by atoms with E-state index in [1.54, 1.807) is 17.2 Å². The van der Waals surface area contributed by atoms with Crippen molar-refractivity contribution < 1.29 is 14.1 Å². The van der Waals surface area contributed by atoms with E-state index in [4.69, 9.17) is 15.0 Å². The molecule has 116 valence electrons. The van der Waals surface area contributed by atoms with Crippen molar-refractivity contribution >= 4 is 11.7 Å². The summed E-state index contributed by atoms with van der Waals surface area (Å²) in [4.78, 5) is 18.0. The second-order valence-electron chi connectivity index (χ2n) is 5.26. The number of carbonyl (C=O) groups is 1. The number of aromatic nitrogens is 2. The van der Waals surface area contributed by atoms with E-state index in [9.17, 15) is 4.79 Å². The molecule has 7 nitrogen and oxygen atoms in total. The van der Waals surface area contributed by atoms with E-state index in [0.29, 0.717) is 31.2 Å². The Kier molecular flexibility index (Phi) is 4.34. The maximum atomic E-state index is 12.2. The number of hydrogen-bond acceptors (Lipinski definition) is 6. The molecule has 0 bridgehead atoms. The first-order valence-corrected chi connectivity index (χ1v) is 7.24. The summed E-state index contributed by atoms with van der Waals surface area (Å²) in [6.45, 7) is 1.67. The zero-order valence-corrected chi connectivity index (χ0v) is 12.1. The van der Waals surface area contributed by atoms with Crippen LogP contribution in [0.15, 0.2) is 35.2 Å². The molecule has 1 aliphatic heterocycles. The summed E-state index contributed by atoms with van der Waals surface area (Å²) >= 11 is 0. The minimum absolute atomic E-state index is 0.0130. The molecular formula is C15H18N4O3. The van der Waals surface area contributed by atoms with Crippen LogP contribution in [0.2, 0.25) is 0 Å². The third-order valence-electron chi connectivity index (χ3n) is 3.68. The Morgan fingerprint density at radius 1 is 1.45 bits per heavy atom. The fourth-order valence-electron chi connectivity index (χ4n) is 2.54. The third-order valence-corrected chi connectivity index (χ3v) is 3.68. The molecule has 0 radical (unpaired) electrons. The molecule has 1 amide bonds. The molecule has 1 aliphatic rings. The van der Waals surface area contributed by atoms with E-state index in [1.165, 1.54) is 6.26 Å². The van der Waals surface area contributed by atoms with Crippen LogP contribution in [0.1, 0.15) is 22.5 Å². The molecule has 1 saturated heterocycles. The van der Waals surface area contributed by atoms with Gasteiger partial charge >= 0.3 is 0 Å². The number of aryl methyl sites for hydroxylation is 1. The second-order valence-corrected chi connectivity index (χ2v) is 5.26. The Labute approximate surface area is 128 Å². The van der Waals surface area contributed by atoms with Gasteiger partial charge in [-0.3, -0.25) is 4.79 Å². The van der Waals surface area contributed by atoms with Crippen molar-refractivity contribution in [2.45, 2.75) is 18.9 Å². The number of carbonyl (C=O) groups excluding carboxylic acids is 1. The summed E-state index contributed by atoms with van der Waals surface area (Å²) in [5.41, 5.74) is 7.13. The van der Waals surface area contributed by atoms with Crippen LogP contribution in [0.4, 0.5) is 5.82 Å². The maximum Gasteiger partial charge on any atom is 0.276 e. The molecule has 1 fully saturated rings. The summed E-state index contributed by atoms with van der Waals surface area (Å²) in [5, 5.41) is 3.69. The van der Waals surface area contributed by atoms with Gasteiger partial charge in [0.1, 0.15) is 12.1 Å². The molecule has 3 heterocycles. The Hall–Kier alpha value is -2.41. The molecule has 3 rings (SSSR count). The summed E-state index contributed by atoms with van der Waals surface area (Å²) in [6.07, 6.45) is 4.78. The minimum Gasteiger partial charge on any atom is -0.384 e. The molecule has 1 atom stereocenters. The standard InChI is InChI=1S/C15H18N4O3/c16-14-9-11(3-5-17-14)1-2-12-10-19(6-8-21-12)15(20)13-4-7-22-18-13/h3-5,7,9,12H,1-2,6,8,10H2,(H2,16,17)/t12-/m1/s1. The van der Waals surface area contributed by atoms with Crippen molar-refractivity contribution in [3.63, 3.8) is 0 Å². The lowest BCUT2D eigenvalue weighted by Gasteiger charge is -2.32. The van der Waals surface area contributed by atoms with Crippen molar-refractivity contribution in [1.29, 1.82) is 0 Å². The zero-order valence-electron chi connectivity index (χ0n) is 12.1. The first kappa shape index (κ1) is 14.5. The highest BCUT2D eigenvalue weighted by molar-refractivity contribution is 5.92. The Bertz CT molecular complexity index is 629. The predicted octanol–water partition coefficient (Wildman–Crippen LogP) is 1.13. The number of nitrogens with zero attached hydrogens (tertiary/aromatic N) is 3. The Morgan fingerprint density at radius 2 is 2.36 bits per heavy atom. The molecule has 0 saturated carbocycles. The van der Waals surface area contributed by atoms with Crippen LogP contribution < -0.4 is 5.73 Å². The van der Waals surface area contributed by atoms with Crippen LogP contribution in [-0.4, -0.2) is 46.7 Å². The van der Waals surface area contributed by atoms with Gasteiger partial charge in [-0.2, -0.15) is 0 Å². The summed E-state index contributed by atoms with van der Waals surface area (Å²) in [6, 6.07) is 5.38. The molecule has 2 aromatic rings. The number of ether oxygens (including phenoxy) is 1. The highest BCUT2D eigenvalue weighted by atomic mass is 16.5. The number of nitrogen functional groups attached to an aromatic ring is 1. The van der Waals surface area contributed by atoms with E-state index in [2.05, 4.69) is 10.1 Å². The number of pyridine rings is 1. The van der Waals surface area contributed by atoms with Crippen molar-refractivity contribution in [3.05, 3.63) is 41.9 Å². The fraction of sp³-hybridized carbons (Fsp3) is 0.400. The lowest BCUT2D eigenvalue weighted by atomic mass is 10.1. The maximum absolute atomic E-state index is 12.2. The molecule has 22 heavy (non-hydrogen) atoms. The predicted molar refractivity (Wildman–Crippen MR) is 79.1 cm³/mol. The third kappa shape index (κ3) is 3.43. The summed E-state index contributed by atoms with van der Waals surface area (Å²) in [7, 11) is 0. The largest absolute Gasteiger partial charge is 0.384 e. The van der Waals surface area contributed by atoms with Crippen molar-refractivity contribution in [3.8, 4) is 0 Å². The van der Waals surface area contributed by atoms with Crippen molar-refractivity contribution in [2.75, 3.05) is 25.4 Å². The quantitative estimate of drug-likeness (QED) is 0.909. The molecular weight excluding hydrogens is 284 g/mol. The molecule has 0 aliphatic carbocycles. The zero-order chi connectivity index (χ0) is 15.4. The van der Waals surface area contributed by atoms with Crippen LogP contribution in [0.25, 0.3) is 0 Å². The molecule has 2 aromatic heterocycles. The van der Waals surface area contributed by atoms with Gasteiger partial charge in [0.2, 0.25) is 0 Å². The lowest BCUT2D eigenvalue weighted by molar-refractivity contribution is -0.0248. The Balaban J connectivity index is 1.55. The number of nitrogens with two attached hydrogens (primary N) is 1. The van der Waals surface area contributed by atoms with Gasteiger partial charge in [-0.05, 0) is 30.5 Å². The fourth-order valence-corrected chi connectivity index (χ4v) is 2.54. The van der Waals surface area contributed by atoms with E-state index in [-0.39, 0.29) is 12.0 Å². The Morgan fingerprint density at radius 3 is 3.14 bits per heavy atom. The van der Waals surface area contributed by atoms with Gasteiger partial charge in [-0.1, -0.05) is 5.16 Å².